The molecule has 11 heteroatoms. The van der Waals surface area contributed by atoms with Crippen molar-refractivity contribution in [2.45, 2.75) is 13.5 Å². The summed E-state index contributed by atoms with van der Waals surface area (Å²) in [6.45, 7) is 5.16. The average Bonchev–Trinajstić information content (AvgIpc) is 3.14. The number of rotatable bonds is 6. The molecule has 1 amide bonds. The Morgan fingerprint density at radius 2 is 1.84 bits per heavy atom. The van der Waals surface area contributed by atoms with Gasteiger partial charge in [0.15, 0.2) is 0 Å². The van der Waals surface area contributed by atoms with Crippen LogP contribution in [0.4, 0.5) is 5.82 Å². The summed E-state index contributed by atoms with van der Waals surface area (Å²) in [6.07, 6.45) is 3.17. The number of anilines is 1. The number of carbonyl (C=O) groups is 2. The van der Waals surface area contributed by atoms with Gasteiger partial charge in [0, 0.05) is 38.9 Å². The molecule has 2 saturated heterocycles. The van der Waals surface area contributed by atoms with E-state index in [9.17, 15) is 14.4 Å². The third-order valence-electron chi connectivity index (χ3n) is 6.43. The van der Waals surface area contributed by atoms with E-state index in [0.29, 0.717) is 24.6 Å². The summed E-state index contributed by atoms with van der Waals surface area (Å²) >= 11 is 6.23. The summed E-state index contributed by atoms with van der Waals surface area (Å²) in [5, 5.41) is 9.15. The standard InChI is InChI=1S/C26H25N5O4S2/c1-17-6-5-9-30-22(17)27-23(29-12-10-28(11-13-29)15-18-7-3-2-4-8-18)19(24(30)34)14-20-25(35)31(16-21(32)33)26(36)37-20/h2-9,14H,10-13,15-16H2,1H3,(H,32,33)/b20-14-. The fraction of sp³-hybridized carbons (Fsp3) is 0.269. The van der Waals surface area contributed by atoms with E-state index < -0.39 is 18.4 Å². The summed E-state index contributed by atoms with van der Waals surface area (Å²) in [6, 6.07) is 14.0. The number of thiocarbonyl (C=S) groups is 1. The lowest BCUT2D eigenvalue weighted by atomic mass is 10.1. The lowest BCUT2D eigenvalue weighted by molar-refractivity contribution is -0.140. The van der Waals surface area contributed by atoms with Crippen LogP contribution in [0.5, 0.6) is 0 Å². The Bertz CT molecular complexity index is 1480. The maximum Gasteiger partial charge on any atom is 0.323 e. The van der Waals surface area contributed by atoms with E-state index in [4.69, 9.17) is 22.3 Å². The Labute approximate surface area is 223 Å². The molecule has 9 nitrogen and oxygen atoms in total. The second-order valence-corrected chi connectivity index (χ2v) is 10.6. The van der Waals surface area contributed by atoms with Crippen molar-refractivity contribution in [2.75, 3.05) is 37.6 Å². The highest BCUT2D eigenvalue weighted by atomic mass is 32.2. The number of amides is 1. The van der Waals surface area contributed by atoms with Crippen LogP contribution in [0, 0.1) is 6.92 Å². The van der Waals surface area contributed by atoms with Crippen molar-refractivity contribution in [2.24, 2.45) is 0 Å². The molecule has 1 aromatic carbocycles. The fourth-order valence-corrected chi connectivity index (χ4v) is 5.77. The normalized spacial score (nSPS) is 17.8. The molecule has 2 fully saturated rings. The first-order valence-corrected chi connectivity index (χ1v) is 13.0. The van der Waals surface area contributed by atoms with E-state index in [0.717, 1.165) is 41.9 Å². The molecule has 0 unspecified atom stereocenters. The molecule has 0 bridgehead atoms. The van der Waals surface area contributed by atoms with E-state index in [-0.39, 0.29) is 20.3 Å². The highest BCUT2D eigenvalue weighted by molar-refractivity contribution is 8.26. The van der Waals surface area contributed by atoms with Gasteiger partial charge in [-0.3, -0.25) is 28.6 Å². The molecular weight excluding hydrogens is 510 g/mol. The number of aryl methyl sites for hydroxylation is 1. The Balaban J connectivity index is 1.50. The maximum atomic E-state index is 13.7. The van der Waals surface area contributed by atoms with E-state index in [1.54, 1.807) is 12.3 Å². The van der Waals surface area contributed by atoms with Crippen molar-refractivity contribution in [1.82, 2.24) is 19.2 Å². The largest absolute Gasteiger partial charge is 0.480 e. The lowest BCUT2D eigenvalue weighted by Crippen LogP contribution is -2.47. The van der Waals surface area contributed by atoms with Gasteiger partial charge in [0.05, 0.1) is 10.5 Å². The highest BCUT2D eigenvalue weighted by Crippen LogP contribution is 2.33. The van der Waals surface area contributed by atoms with Crippen LogP contribution in [0.25, 0.3) is 11.7 Å². The average molecular weight is 536 g/mol. The molecule has 2 aliphatic heterocycles. The first-order chi connectivity index (χ1) is 17.8. The number of fused-ring (bicyclic) bond motifs is 1. The second-order valence-electron chi connectivity index (χ2n) is 8.95. The van der Waals surface area contributed by atoms with Crippen LogP contribution in [-0.2, 0) is 16.1 Å². The van der Waals surface area contributed by atoms with Gasteiger partial charge in [-0.15, -0.1) is 0 Å². The molecule has 0 atom stereocenters. The number of pyridine rings is 1. The predicted molar refractivity (Wildman–Crippen MR) is 148 cm³/mol. The van der Waals surface area contributed by atoms with Crippen molar-refractivity contribution >= 4 is 57.7 Å². The van der Waals surface area contributed by atoms with Crippen LogP contribution in [0.15, 0.2) is 58.4 Å². The summed E-state index contributed by atoms with van der Waals surface area (Å²) in [5.74, 6) is -1.17. The molecule has 2 aromatic heterocycles. The smallest absolute Gasteiger partial charge is 0.323 e. The van der Waals surface area contributed by atoms with Crippen LogP contribution >= 0.6 is 24.0 Å². The molecule has 190 valence electrons. The molecule has 1 N–H and O–H groups in total. The first kappa shape index (κ1) is 25.1. The molecule has 0 saturated carbocycles. The molecule has 0 spiro atoms. The highest BCUT2D eigenvalue weighted by Gasteiger charge is 2.34. The molecule has 3 aromatic rings. The number of benzene rings is 1. The number of hydrogen-bond donors (Lipinski definition) is 1. The number of aromatic nitrogens is 2. The molecule has 0 aliphatic carbocycles. The van der Waals surface area contributed by atoms with E-state index in [2.05, 4.69) is 21.9 Å². The molecule has 2 aliphatic rings. The van der Waals surface area contributed by atoms with Gasteiger partial charge < -0.3 is 10.0 Å². The molecule has 0 radical (unpaired) electrons. The van der Waals surface area contributed by atoms with Gasteiger partial charge in [-0.1, -0.05) is 60.4 Å². The lowest BCUT2D eigenvalue weighted by Gasteiger charge is -2.36. The summed E-state index contributed by atoms with van der Waals surface area (Å²) < 4.78 is 1.63. The summed E-state index contributed by atoms with van der Waals surface area (Å²) in [4.78, 5) is 48.4. The van der Waals surface area contributed by atoms with Gasteiger partial charge >= 0.3 is 5.97 Å². The zero-order valence-electron chi connectivity index (χ0n) is 20.2. The Morgan fingerprint density at radius 1 is 1.11 bits per heavy atom. The van der Waals surface area contributed by atoms with Gasteiger partial charge in [-0.05, 0) is 30.2 Å². The molecular formula is C26H25N5O4S2. The van der Waals surface area contributed by atoms with Crippen molar-refractivity contribution in [1.29, 1.82) is 0 Å². The maximum absolute atomic E-state index is 13.7. The minimum atomic E-state index is -1.16. The number of aliphatic carboxylic acids is 1. The molecule has 5 rings (SSSR count). The number of carboxylic acids is 1. The Kier molecular flexibility index (Phi) is 7.09. The van der Waals surface area contributed by atoms with E-state index in [1.165, 1.54) is 16.0 Å². The van der Waals surface area contributed by atoms with Crippen LogP contribution in [0.3, 0.4) is 0 Å². The zero-order chi connectivity index (χ0) is 26.1. The number of thioether (sulfide) groups is 1. The van der Waals surface area contributed by atoms with E-state index in [1.807, 2.05) is 31.2 Å². The Hall–Kier alpha value is -3.54. The summed E-state index contributed by atoms with van der Waals surface area (Å²) in [5.41, 5.74) is 2.67. The number of hydrogen-bond acceptors (Lipinski definition) is 8. The number of piperazine rings is 1. The quantitative estimate of drug-likeness (QED) is 0.377. The number of nitrogens with zero attached hydrogens (tertiary/aromatic N) is 5. The number of carbonyl (C=O) groups excluding carboxylic acids is 1. The summed E-state index contributed by atoms with van der Waals surface area (Å²) in [7, 11) is 0. The van der Waals surface area contributed by atoms with Crippen molar-refractivity contribution in [3.63, 3.8) is 0 Å². The monoisotopic (exact) mass is 535 g/mol. The second kappa shape index (κ2) is 10.4. The van der Waals surface area contributed by atoms with Gasteiger partial charge in [0.2, 0.25) is 0 Å². The van der Waals surface area contributed by atoms with Crippen LogP contribution in [0.1, 0.15) is 16.7 Å². The molecule has 4 heterocycles. The van der Waals surface area contributed by atoms with Crippen LogP contribution < -0.4 is 10.5 Å². The first-order valence-electron chi connectivity index (χ1n) is 11.8. The topological polar surface area (TPSA) is 98.5 Å². The molecule has 37 heavy (non-hydrogen) atoms. The van der Waals surface area contributed by atoms with Crippen molar-refractivity contribution in [3.8, 4) is 0 Å². The minimum Gasteiger partial charge on any atom is -0.480 e. The third-order valence-corrected chi connectivity index (χ3v) is 7.81. The fourth-order valence-electron chi connectivity index (χ4n) is 4.53. The van der Waals surface area contributed by atoms with Gasteiger partial charge in [0.1, 0.15) is 22.3 Å². The SMILES string of the molecule is Cc1cccn2c(=O)c(/C=C3\SC(=S)N(CC(=O)O)C3=O)c(N3CCN(Cc4ccccc4)CC3)nc12. The van der Waals surface area contributed by atoms with Crippen LogP contribution in [-0.4, -0.2) is 73.2 Å². The van der Waals surface area contributed by atoms with E-state index >= 15 is 0 Å². The van der Waals surface area contributed by atoms with Crippen molar-refractivity contribution in [3.05, 3.63) is 80.6 Å². The van der Waals surface area contributed by atoms with Gasteiger partial charge in [-0.2, -0.15) is 0 Å². The zero-order valence-corrected chi connectivity index (χ0v) is 21.8. The van der Waals surface area contributed by atoms with Gasteiger partial charge in [-0.25, -0.2) is 4.98 Å². The third kappa shape index (κ3) is 5.15. The number of carboxylic acid groups (broad SMARTS) is 1. The van der Waals surface area contributed by atoms with Gasteiger partial charge in [0.25, 0.3) is 11.5 Å². The van der Waals surface area contributed by atoms with Crippen LogP contribution in [0.2, 0.25) is 0 Å². The Morgan fingerprint density at radius 3 is 2.54 bits per heavy atom. The van der Waals surface area contributed by atoms with Crippen molar-refractivity contribution < 1.29 is 14.7 Å². The minimum absolute atomic E-state index is 0.152. The predicted octanol–water partition coefficient (Wildman–Crippen LogP) is 2.61.